The molecule has 0 saturated heterocycles. The van der Waals surface area contributed by atoms with E-state index in [1.54, 1.807) is 24.3 Å². The van der Waals surface area contributed by atoms with Gasteiger partial charge in [-0.1, -0.05) is 12.1 Å². The van der Waals surface area contributed by atoms with Gasteiger partial charge in [-0.2, -0.15) is 5.26 Å². The maximum Gasteiger partial charge on any atom is 0.257 e. The lowest BCUT2D eigenvalue weighted by atomic mass is 10.2. The Morgan fingerprint density at radius 2 is 2.00 bits per heavy atom. The third kappa shape index (κ3) is 3.90. The Morgan fingerprint density at radius 3 is 2.75 bits per heavy atom. The monoisotopic (exact) mass is 320 g/mol. The smallest absolute Gasteiger partial charge is 0.257 e. The second-order valence-electron chi connectivity index (χ2n) is 5.23. The number of carbonyl (C=O) groups excluding carboxylic acids is 1. The van der Waals surface area contributed by atoms with Crippen molar-refractivity contribution in [1.82, 2.24) is 15.3 Å². The number of rotatable bonds is 6. The summed E-state index contributed by atoms with van der Waals surface area (Å²) in [6, 6.07) is 16.5. The van der Waals surface area contributed by atoms with Crippen molar-refractivity contribution < 1.29 is 9.53 Å². The normalized spacial score (nSPS) is 10.3. The molecule has 1 aromatic heterocycles. The van der Waals surface area contributed by atoms with Crippen LogP contribution in [0.2, 0.25) is 0 Å². The summed E-state index contributed by atoms with van der Waals surface area (Å²) in [5.41, 5.74) is 2.46. The number of H-pyrrole nitrogens is 1. The lowest BCUT2D eigenvalue weighted by Crippen LogP contribution is -2.30. The van der Waals surface area contributed by atoms with Crippen molar-refractivity contribution in [3.63, 3.8) is 0 Å². The number of fused-ring (bicyclic) bond motifs is 1. The lowest BCUT2D eigenvalue weighted by molar-refractivity contribution is -0.123. The van der Waals surface area contributed by atoms with Crippen LogP contribution in [0.25, 0.3) is 11.0 Å². The highest BCUT2D eigenvalue weighted by atomic mass is 16.5. The fraction of sp³-hybridized carbons (Fsp3) is 0.167. The van der Waals surface area contributed by atoms with Crippen LogP contribution in [0.1, 0.15) is 11.4 Å². The highest BCUT2D eigenvalue weighted by molar-refractivity contribution is 5.77. The van der Waals surface area contributed by atoms with Crippen molar-refractivity contribution in [2.75, 3.05) is 13.2 Å². The predicted octanol–water partition coefficient (Wildman–Crippen LogP) is 2.17. The molecule has 3 aromatic rings. The van der Waals surface area contributed by atoms with Crippen LogP contribution in [-0.2, 0) is 11.2 Å². The minimum absolute atomic E-state index is 0.0635. The molecule has 6 nitrogen and oxygen atoms in total. The number of para-hydroxylation sites is 2. The second kappa shape index (κ2) is 7.29. The molecule has 3 rings (SSSR count). The van der Waals surface area contributed by atoms with Crippen LogP contribution >= 0.6 is 0 Å². The predicted molar refractivity (Wildman–Crippen MR) is 89.5 cm³/mol. The molecule has 0 atom stereocenters. The van der Waals surface area contributed by atoms with Gasteiger partial charge in [0.25, 0.3) is 5.91 Å². The second-order valence-corrected chi connectivity index (χ2v) is 5.23. The maximum absolute atomic E-state index is 11.8. The summed E-state index contributed by atoms with van der Waals surface area (Å²) >= 11 is 0. The molecule has 0 aliphatic carbocycles. The van der Waals surface area contributed by atoms with Gasteiger partial charge in [0, 0.05) is 13.0 Å². The zero-order valence-electron chi connectivity index (χ0n) is 13.0. The molecule has 1 heterocycles. The van der Waals surface area contributed by atoms with E-state index in [-0.39, 0.29) is 12.5 Å². The van der Waals surface area contributed by atoms with Gasteiger partial charge in [-0.25, -0.2) is 4.98 Å². The summed E-state index contributed by atoms with van der Waals surface area (Å²) in [7, 11) is 0. The summed E-state index contributed by atoms with van der Waals surface area (Å²) < 4.78 is 5.37. The molecular weight excluding hydrogens is 304 g/mol. The molecule has 120 valence electrons. The summed E-state index contributed by atoms with van der Waals surface area (Å²) in [4.78, 5) is 19.5. The number of nitriles is 1. The van der Waals surface area contributed by atoms with Crippen molar-refractivity contribution in [2.24, 2.45) is 0 Å². The van der Waals surface area contributed by atoms with E-state index in [0.717, 1.165) is 16.9 Å². The molecule has 0 fully saturated rings. The van der Waals surface area contributed by atoms with Crippen molar-refractivity contribution in [3.05, 3.63) is 59.9 Å². The highest BCUT2D eigenvalue weighted by Gasteiger charge is 2.05. The van der Waals surface area contributed by atoms with Crippen molar-refractivity contribution in [3.8, 4) is 11.8 Å². The minimum Gasteiger partial charge on any atom is -0.484 e. The molecule has 2 N–H and O–H groups in total. The number of aromatic amines is 1. The molecule has 1 amide bonds. The summed E-state index contributed by atoms with van der Waals surface area (Å²) in [5, 5.41) is 11.5. The largest absolute Gasteiger partial charge is 0.484 e. The summed E-state index contributed by atoms with van der Waals surface area (Å²) in [5.74, 6) is 1.20. The van der Waals surface area contributed by atoms with Gasteiger partial charge in [0.05, 0.1) is 22.7 Å². The average molecular weight is 320 g/mol. The van der Waals surface area contributed by atoms with E-state index < -0.39 is 0 Å². The number of ether oxygens (including phenoxy) is 1. The van der Waals surface area contributed by atoms with Gasteiger partial charge in [0.1, 0.15) is 11.6 Å². The fourth-order valence-electron chi connectivity index (χ4n) is 2.27. The first-order valence-corrected chi connectivity index (χ1v) is 7.58. The Morgan fingerprint density at radius 1 is 1.21 bits per heavy atom. The van der Waals surface area contributed by atoms with Crippen LogP contribution in [0.15, 0.2) is 48.5 Å². The third-order valence-electron chi connectivity index (χ3n) is 3.48. The number of nitrogens with one attached hydrogen (secondary N) is 2. The number of amides is 1. The third-order valence-corrected chi connectivity index (χ3v) is 3.48. The topological polar surface area (TPSA) is 90.8 Å². The number of hydrogen-bond donors (Lipinski definition) is 2. The molecule has 0 aliphatic rings. The molecule has 0 unspecified atom stereocenters. The maximum atomic E-state index is 11.8. The first-order chi connectivity index (χ1) is 11.7. The van der Waals surface area contributed by atoms with E-state index >= 15 is 0 Å². The van der Waals surface area contributed by atoms with E-state index in [9.17, 15) is 4.79 Å². The quantitative estimate of drug-likeness (QED) is 0.728. The molecule has 24 heavy (non-hydrogen) atoms. The number of aromatic nitrogens is 2. The Kier molecular flexibility index (Phi) is 4.73. The van der Waals surface area contributed by atoms with Gasteiger partial charge in [-0.3, -0.25) is 4.79 Å². The Hall–Kier alpha value is -3.33. The first kappa shape index (κ1) is 15.6. The number of nitrogens with zero attached hydrogens (tertiary/aromatic N) is 2. The van der Waals surface area contributed by atoms with E-state index in [4.69, 9.17) is 10.00 Å². The number of imidazole rings is 1. The van der Waals surface area contributed by atoms with Gasteiger partial charge in [-0.05, 0) is 36.4 Å². The average Bonchev–Trinajstić information content (AvgIpc) is 3.03. The fourth-order valence-corrected chi connectivity index (χ4v) is 2.27. The first-order valence-electron chi connectivity index (χ1n) is 7.58. The van der Waals surface area contributed by atoms with E-state index in [0.29, 0.717) is 24.3 Å². The number of hydrogen-bond acceptors (Lipinski definition) is 4. The molecule has 0 spiro atoms. The zero-order valence-corrected chi connectivity index (χ0v) is 13.0. The van der Waals surface area contributed by atoms with Gasteiger partial charge in [0.2, 0.25) is 0 Å². The van der Waals surface area contributed by atoms with Crippen LogP contribution in [0, 0.1) is 11.3 Å². The van der Waals surface area contributed by atoms with Crippen LogP contribution < -0.4 is 10.1 Å². The lowest BCUT2D eigenvalue weighted by Gasteiger charge is -2.06. The molecule has 6 heteroatoms. The van der Waals surface area contributed by atoms with E-state index in [2.05, 4.69) is 15.3 Å². The molecule has 0 bridgehead atoms. The van der Waals surface area contributed by atoms with Gasteiger partial charge >= 0.3 is 0 Å². The van der Waals surface area contributed by atoms with Crippen molar-refractivity contribution in [2.45, 2.75) is 6.42 Å². The molecule has 2 aromatic carbocycles. The number of benzene rings is 2. The van der Waals surface area contributed by atoms with Gasteiger partial charge < -0.3 is 15.0 Å². The van der Waals surface area contributed by atoms with Crippen LogP contribution in [-0.4, -0.2) is 29.0 Å². The SMILES string of the molecule is N#Cc1ccc(OCC(=O)NCCc2nc3ccccc3[nH]2)cc1. The molecular formula is C18H16N4O2. The molecule has 0 radical (unpaired) electrons. The van der Waals surface area contributed by atoms with Crippen LogP contribution in [0.5, 0.6) is 5.75 Å². The van der Waals surface area contributed by atoms with Crippen molar-refractivity contribution >= 4 is 16.9 Å². The van der Waals surface area contributed by atoms with Crippen LogP contribution in [0.3, 0.4) is 0 Å². The van der Waals surface area contributed by atoms with E-state index in [1.807, 2.05) is 30.3 Å². The molecule has 0 saturated carbocycles. The van der Waals surface area contributed by atoms with Crippen molar-refractivity contribution in [1.29, 1.82) is 5.26 Å². The Labute approximate surface area is 139 Å². The standard InChI is InChI=1S/C18H16N4O2/c19-11-13-5-7-14(8-6-13)24-12-18(23)20-10-9-17-21-15-3-1-2-4-16(15)22-17/h1-8H,9-10,12H2,(H,20,23)(H,21,22). The van der Waals surface area contributed by atoms with Gasteiger partial charge in [-0.15, -0.1) is 0 Å². The summed E-state index contributed by atoms with van der Waals surface area (Å²) in [6.07, 6.45) is 0.622. The van der Waals surface area contributed by atoms with E-state index in [1.165, 1.54) is 0 Å². The zero-order chi connectivity index (χ0) is 16.8. The van der Waals surface area contributed by atoms with Crippen LogP contribution in [0.4, 0.5) is 0 Å². The minimum atomic E-state index is -0.199. The van der Waals surface area contributed by atoms with Gasteiger partial charge in [0.15, 0.2) is 6.61 Å². The highest BCUT2D eigenvalue weighted by Crippen LogP contribution is 2.11. The molecule has 0 aliphatic heterocycles. The number of carbonyl (C=O) groups is 1. The Balaban J connectivity index is 1.42. The summed E-state index contributed by atoms with van der Waals surface area (Å²) in [6.45, 7) is 0.418. The Bertz CT molecular complexity index is 845.